The van der Waals surface area contributed by atoms with E-state index in [1.165, 1.54) is 19.2 Å². The first-order chi connectivity index (χ1) is 7.48. The summed E-state index contributed by atoms with van der Waals surface area (Å²) in [5.74, 6) is 0.0839. The number of hydrogen-bond acceptors (Lipinski definition) is 3. The molecule has 0 aliphatic carbocycles. The molecule has 0 radical (unpaired) electrons. The van der Waals surface area contributed by atoms with Crippen LogP contribution in [0.2, 0.25) is 0 Å². The van der Waals surface area contributed by atoms with Gasteiger partial charge >= 0.3 is 6.18 Å². The third-order valence-corrected chi connectivity index (χ3v) is 1.83. The minimum atomic E-state index is -4.42. The summed E-state index contributed by atoms with van der Waals surface area (Å²) in [6.45, 7) is -1.83. The Morgan fingerprint density at radius 2 is 2.00 bits per heavy atom. The number of ether oxygens (including phenoxy) is 2. The van der Waals surface area contributed by atoms with Crippen molar-refractivity contribution in [3.63, 3.8) is 0 Å². The number of alkyl halides is 3. The number of para-hydroxylation sites is 1. The van der Waals surface area contributed by atoms with Gasteiger partial charge in [-0.2, -0.15) is 13.2 Å². The molecule has 6 heteroatoms. The Balaban J connectivity index is 2.91. The molecule has 0 fully saturated rings. The molecule has 90 valence electrons. The smallest absolute Gasteiger partial charge is 0.422 e. The van der Waals surface area contributed by atoms with Gasteiger partial charge in [0.15, 0.2) is 18.1 Å². The van der Waals surface area contributed by atoms with Crippen LogP contribution in [0.4, 0.5) is 13.2 Å². The molecule has 0 aromatic heterocycles. The third-order valence-electron chi connectivity index (χ3n) is 1.83. The van der Waals surface area contributed by atoms with Gasteiger partial charge in [0.1, 0.15) is 0 Å². The van der Waals surface area contributed by atoms with Gasteiger partial charge in [-0.25, -0.2) is 0 Å². The molecule has 1 rings (SSSR count). The van der Waals surface area contributed by atoms with E-state index in [0.717, 1.165) is 0 Å². The summed E-state index contributed by atoms with van der Waals surface area (Å²) in [6.07, 6.45) is -4.42. The first-order valence-corrected chi connectivity index (χ1v) is 4.44. The second-order valence-corrected chi connectivity index (χ2v) is 3.01. The van der Waals surface area contributed by atoms with Crippen LogP contribution in [-0.2, 0) is 6.61 Å². The molecule has 0 unspecified atom stereocenters. The average Bonchev–Trinajstić information content (AvgIpc) is 2.24. The topological polar surface area (TPSA) is 38.7 Å². The Kier molecular flexibility index (Phi) is 4.00. The van der Waals surface area contributed by atoms with Gasteiger partial charge in [0.05, 0.1) is 13.7 Å². The minimum absolute atomic E-state index is 0.0789. The van der Waals surface area contributed by atoms with Crippen LogP contribution in [0.3, 0.4) is 0 Å². The highest BCUT2D eigenvalue weighted by Crippen LogP contribution is 2.32. The predicted molar refractivity (Wildman–Crippen MR) is 50.5 cm³/mol. The molecule has 1 aromatic rings. The molecule has 0 saturated heterocycles. The average molecular weight is 236 g/mol. The maximum Gasteiger partial charge on any atom is 0.422 e. The Hall–Kier alpha value is -1.43. The minimum Gasteiger partial charge on any atom is -0.493 e. The van der Waals surface area contributed by atoms with Gasteiger partial charge in [0.25, 0.3) is 0 Å². The number of methoxy groups -OCH3 is 1. The molecule has 1 N–H and O–H groups in total. The molecule has 0 heterocycles. The van der Waals surface area contributed by atoms with E-state index in [4.69, 9.17) is 9.84 Å². The number of benzene rings is 1. The fourth-order valence-electron chi connectivity index (χ4n) is 1.16. The lowest BCUT2D eigenvalue weighted by Crippen LogP contribution is -2.20. The van der Waals surface area contributed by atoms with Crippen molar-refractivity contribution in [2.45, 2.75) is 12.8 Å². The van der Waals surface area contributed by atoms with Gasteiger partial charge in [-0.15, -0.1) is 0 Å². The standard InChI is InChI=1S/C10H11F3O3/c1-15-8-4-2-3-7(5-14)9(8)16-6-10(11,12)13/h2-4,14H,5-6H2,1H3. The van der Waals surface area contributed by atoms with Crippen molar-refractivity contribution < 1.29 is 27.8 Å². The van der Waals surface area contributed by atoms with E-state index in [1.807, 2.05) is 0 Å². The lowest BCUT2D eigenvalue weighted by molar-refractivity contribution is -0.153. The Morgan fingerprint density at radius 1 is 1.31 bits per heavy atom. The monoisotopic (exact) mass is 236 g/mol. The summed E-state index contributed by atoms with van der Waals surface area (Å²) in [5.41, 5.74) is 0.253. The summed E-state index contributed by atoms with van der Waals surface area (Å²) >= 11 is 0. The molecule has 0 aliphatic heterocycles. The van der Waals surface area contributed by atoms with Crippen molar-refractivity contribution in [1.29, 1.82) is 0 Å². The molecule has 0 amide bonds. The number of aliphatic hydroxyl groups is 1. The normalized spacial score (nSPS) is 11.3. The van der Waals surface area contributed by atoms with Crippen LogP contribution < -0.4 is 9.47 Å². The molecular formula is C10H11F3O3. The first kappa shape index (κ1) is 12.6. The molecule has 0 spiro atoms. The summed E-state index contributed by atoms with van der Waals surface area (Å²) < 4.78 is 45.4. The Labute approximate surface area is 90.4 Å². The van der Waals surface area contributed by atoms with Crippen LogP contribution in [0.15, 0.2) is 18.2 Å². The number of hydrogen-bond donors (Lipinski definition) is 1. The zero-order valence-electron chi connectivity index (χ0n) is 8.54. The van der Waals surface area contributed by atoms with E-state index < -0.39 is 19.4 Å². The second kappa shape index (κ2) is 5.07. The molecule has 16 heavy (non-hydrogen) atoms. The Morgan fingerprint density at radius 3 is 2.50 bits per heavy atom. The van der Waals surface area contributed by atoms with Crippen LogP contribution >= 0.6 is 0 Å². The largest absolute Gasteiger partial charge is 0.493 e. The highest BCUT2D eigenvalue weighted by Gasteiger charge is 2.29. The zero-order chi connectivity index (χ0) is 12.2. The molecule has 0 bridgehead atoms. The van der Waals surface area contributed by atoms with Crippen LogP contribution in [0, 0.1) is 0 Å². The lowest BCUT2D eigenvalue weighted by atomic mass is 10.2. The van der Waals surface area contributed by atoms with Crippen LogP contribution in [0.5, 0.6) is 11.5 Å². The molecular weight excluding hydrogens is 225 g/mol. The van der Waals surface area contributed by atoms with Gasteiger partial charge in [0, 0.05) is 5.56 Å². The maximum absolute atomic E-state index is 12.0. The molecule has 0 saturated carbocycles. The van der Waals surface area contributed by atoms with Crippen molar-refractivity contribution in [1.82, 2.24) is 0 Å². The van der Waals surface area contributed by atoms with E-state index in [0.29, 0.717) is 0 Å². The number of aliphatic hydroxyl groups excluding tert-OH is 1. The van der Waals surface area contributed by atoms with Crippen molar-refractivity contribution in [2.75, 3.05) is 13.7 Å². The zero-order valence-corrected chi connectivity index (χ0v) is 8.54. The number of halogens is 3. The van der Waals surface area contributed by atoms with Gasteiger partial charge in [0.2, 0.25) is 0 Å². The second-order valence-electron chi connectivity index (χ2n) is 3.01. The first-order valence-electron chi connectivity index (χ1n) is 4.44. The SMILES string of the molecule is COc1cccc(CO)c1OCC(F)(F)F. The fourth-order valence-corrected chi connectivity index (χ4v) is 1.16. The van der Waals surface area contributed by atoms with Crippen molar-refractivity contribution in [3.8, 4) is 11.5 Å². The number of rotatable bonds is 4. The van der Waals surface area contributed by atoms with E-state index >= 15 is 0 Å². The highest BCUT2D eigenvalue weighted by molar-refractivity contribution is 5.46. The molecule has 3 nitrogen and oxygen atoms in total. The lowest BCUT2D eigenvalue weighted by Gasteiger charge is -2.14. The summed E-state index contributed by atoms with van der Waals surface area (Å²) in [5, 5.41) is 8.95. The predicted octanol–water partition coefficient (Wildman–Crippen LogP) is 2.13. The third kappa shape index (κ3) is 3.30. The van der Waals surface area contributed by atoms with E-state index in [2.05, 4.69) is 4.74 Å². The van der Waals surface area contributed by atoms with Crippen molar-refractivity contribution in [3.05, 3.63) is 23.8 Å². The van der Waals surface area contributed by atoms with Crippen molar-refractivity contribution in [2.24, 2.45) is 0 Å². The van der Waals surface area contributed by atoms with Crippen LogP contribution in [-0.4, -0.2) is 25.0 Å². The van der Waals surface area contributed by atoms with Gasteiger partial charge in [-0.1, -0.05) is 12.1 Å². The van der Waals surface area contributed by atoms with Crippen LogP contribution in [0.1, 0.15) is 5.56 Å². The van der Waals surface area contributed by atoms with Gasteiger partial charge in [-0.3, -0.25) is 0 Å². The van der Waals surface area contributed by atoms with Gasteiger partial charge < -0.3 is 14.6 Å². The van der Waals surface area contributed by atoms with E-state index in [1.54, 1.807) is 6.07 Å². The molecule has 0 atom stereocenters. The summed E-state index contributed by atoms with van der Waals surface area (Å²) in [7, 11) is 1.32. The van der Waals surface area contributed by atoms with E-state index in [9.17, 15) is 13.2 Å². The summed E-state index contributed by atoms with van der Waals surface area (Å²) in [6, 6.07) is 4.49. The van der Waals surface area contributed by atoms with Crippen LogP contribution in [0.25, 0.3) is 0 Å². The molecule has 1 aromatic carbocycles. The fraction of sp³-hybridized carbons (Fsp3) is 0.400. The van der Waals surface area contributed by atoms with E-state index in [-0.39, 0.29) is 17.1 Å². The highest BCUT2D eigenvalue weighted by atomic mass is 19.4. The summed E-state index contributed by atoms with van der Waals surface area (Å²) in [4.78, 5) is 0. The van der Waals surface area contributed by atoms with Gasteiger partial charge in [-0.05, 0) is 6.07 Å². The molecule has 0 aliphatic rings. The quantitative estimate of drug-likeness (QED) is 0.870. The van der Waals surface area contributed by atoms with Crippen molar-refractivity contribution >= 4 is 0 Å². The maximum atomic E-state index is 12.0. The Bertz CT molecular complexity index is 327.